The lowest BCUT2D eigenvalue weighted by atomic mass is 9.89. The highest BCUT2D eigenvalue weighted by molar-refractivity contribution is 7.18. The maximum absolute atomic E-state index is 12.7. The fourth-order valence-electron chi connectivity index (χ4n) is 4.53. The summed E-state index contributed by atoms with van der Waals surface area (Å²) in [5, 5.41) is 4.89. The van der Waals surface area contributed by atoms with Gasteiger partial charge in [0.05, 0.1) is 10.9 Å². The first-order valence-electron chi connectivity index (χ1n) is 10.2. The molecule has 0 aromatic carbocycles. The Morgan fingerprint density at radius 1 is 1.29 bits per heavy atom. The molecule has 3 aromatic heterocycles. The van der Waals surface area contributed by atoms with Gasteiger partial charge in [0.25, 0.3) is 5.56 Å². The third-order valence-corrected chi connectivity index (χ3v) is 7.35. The number of nitrogens with two attached hydrogens (primary N) is 1. The summed E-state index contributed by atoms with van der Waals surface area (Å²) in [5.41, 5.74) is 7.14. The SMILES string of the molecule is CC1CCc2c(sc3nc(CCc4nc(C5(N)CCCC5)no4)[nH]c(=O)c23)C1. The van der Waals surface area contributed by atoms with Crippen molar-refractivity contribution >= 4 is 21.6 Å². The first-order chi connectivity index (χ1) is 13.5. The molecule has 1 saturated carbocycles. The van der Waals surface area contributed by atoms with Gasteiger partial charge in [-0.25, -0.2) is 4.98 Å². The lowest BCUT2D eigenvalue weighted by molar-refractivity contribution is 0.348. The highest BCUT2D eigenvalue weighted by atomic mass is 32.1. The van der Waals surface area contributed by atoms with Crippen LogP contribution in [0.25, 0.3) is 10.2 Å². The van der Waals surface area contributed by atoms with E-state index in [1.165, 1.54) is 10.4 Å². The number of H-pyrrole nitrogens is 1. The predicted molar refractivity (Wildman–Crippen MR) is 107 cm³/mol. The molecule has 0 bridgehead atoms. The average Bonchev–Trinajstić information content (AvgIpc) is 3.37. The number of aromatic nitrogens is 4. The molecule has 3 N–H and O–H groups in total. The van der Waals surface area contributed by atoms with Crippen LogP contribution in [0.3, 0.4) is 0 Å². The van der Waals surface area contributed by atoms with E-state index in [1.54, 1.807) is 11.3 Å². The summed E-state index contributed by atoms with van der Waals surface area (Å²) in [6.07, 6.45) is 8.29. The van der Waals surface area contributed by atoms with Gasteiger partial charge in [0.15, 0.2) is 5.82 Å². The summed E-state index contributed by atoms with van der Waals surface area (Å²) in [4.78, 5) is 27.1. The van der Waals surface area contributed by atoms with E-state index in [-0.39, 0.29) is 5.56 Å². The van der Waals surface area contributed by atoms with Gasteiger partial charge >= 0.3 is 0 Å². The standard InChI is InChI=1S/C20H25N5O2S/c1-11-4-5-12-13(10-11)28-18-16(12)17(26)22-14(23-18)6-7-15-24-19(25-27-15)20(21)8-2-3-9-20/h11H,2-10,21H2,1H3,(H,22,23,26). The van der Waals surface area contributed by atoms with E-state index in [9.17, 15) is 4.79 Å². The molecule has 0 radical (unpaired) electrons. The van der Waals surface area contributed by atoms with Gasteiger partial charge < -0.3 is 15.2 Å². The zero-order valence-corrected chi connectivity index (χ0v) is 16.9. The summed E-state index contributed by atoms with van der Waals surface area (Å²) in [6.45, 7) is 2.27. The summed E-state index contributed by atoms with van der Waals surface area (Å²) in [7, 11) is 0. The topological polar surface area (TPSA) is 111 Å². The molecule has 0 spiro atoms. The molecular weight excluding hydrogens is 374 g/mol. The number of thiophene rings is 1. The number of aromatic amines is 1. The van der Waals surface area contributed by atoms with Gasteiger partial charge in [-0.2, -0.15) is 4.98 Å². The van der Waals surface area contributed by atoms with Crippen molar-refractivity contribution in [2.24, 2.45) is 11.7 Å². The molecule has 28 heavy (non-hydrogen) atoms. The fourth-order valence-corrected chi connectivity index (χ4v) is 5.93. The number of hydrogen-bond donors (Lipinski definition) is 2. The maximum atomic E-state index is 12.7. The molecule has 0 amide bonds. The number of nitrogens with zero attached hydrogens (tertiary/aromatic N) is 3. The number of fused-ring (bicyclic) bond motifs is 3. The Hall–Kier alpha value is -2.06. The molecule has 2 aliphatic rings. The third kappa shape index (κ3) is 3.08. The Morgan fingerprint density at radius 2 is 2.11 bits per heavy atom. The normalized spacial score (nSPS) is 21.3. The molecule has 0 saturated heterocycles. The van der Waals surface area contributed by atoms with Gasteiger partial charge in [-0.15, -0.1) is 11.3 Å². The second-order valence-corrected chi connectivity index (χ2v) is 9.50. The van der Waals surface area contributed by atoms with Crippen LogP contribution in [-0.2, 0) is 31.2 Å². The lowest BCUT2D eigenvalue weighted by Crippen LogP contribution is -2.34. The van der Waals surface area contributed by atoms with Crippen LogP contribution in [-0.4, -0.2) is 20.1 Å². The van der Waals surface area contributed by atoms with E-state index >= 15 is 0 Å². The minimum absolute atomic E-state index is 0.0230. The van der Waals surface area contributed by atoms with Crippen molar-refractivity contribution < 1.29 is 4.52 Å². The van der Waals surface area contributed by atoms with Crippen molar-refractivity contribution in [3.05, 3.63) is 38.3 Å². The number of rotatable bonds is 4. The molecule has 7 nitrogen and oxygen atoms in total. The zero-order chi connectivity index (χ0) is 19.3. The van der Waals surface area contributed by atoms with Crippen molar-refractivity contribution in [2.75, 3.05) is 0 Å². The van der Waals surface area contributed by atoms with Crippen LogP contribution in [0.4, 0.5) is 0 Å². The smallest absolute Gasteiger partial charge is 0.259 e. The number of nitrogens with one attached hydrogen (secondary N) is 1. The second-order valence-electron chi connectivity index (χ2n) is 8.42. The molecule has 1 atom stereocenters. The van der Waals surface area contributed by atoms with Crippen LogP contribution >= 0.6 is 11.3 Å². The fraction of sp³-hybridized carbons (Fsp3) is 0.600. The molecule has 1 fully saturated rings. The van der Waals surface area contributed by atoms with Crippen LogP contribution in [0.2, 0.25) is 0 Å². The Morgan fingerprint density at radius 3 is 2.93 bits per heavy atom. The summed E-state index contributed by atoms with van der Waals surface area (Å²) < 4.78 is 5.40. The Bertz CT molecular complexity index is 1080. The van der Waals surface area contributed by atoms with Crippen LogP contribution in [0.1, 0.15) is 67.0 Å². The average molecular weight is 400 g/mol. The summed E-state index contributed by atoms with van der Waals surface area (Å²) in [5.74, 6) is 2.51. The van der Waals surface area contributed by atoms with E-state index in [1.807, 2.05) is 0 Å². The molecule has 1 unspecified atom stereocenters. The van der Waals surface area contributed by atoms with Gasteiger partial charge in [0.1, 0.15) is 10.7 Å². The van der Waals surface area contributed by atoms with Crippen molar-refractivity contribution in [1.29, 1.82) is 0 Å². The lowest BCUT2D eigenvalue weighted by Gasteiger charge is -2.17. The van der Waals surface area contributed by atoms with Crippen molar-refractivity contribution in [2.45, 2.75) is 70.3 Å². The summed E-state index contributed by atoms with van der Waals surface area (Å²) >= 11 is 1.67. The summed E-state index contributed by atoms with van der Waals surface area (Å²) in [6, 6.07) is 0. The predicted octanol–water partition coefficient (Wildman–Crippen LogP) is 3.01. The monoisotopic (exact) mass is 399 g/mol. The van der Waals surface area contributed by atoms with Crippen LogP contribution in [0.5, 0.6) is 0 Å². The molecule has 2 aliphatic carbocycles. The molecule has 3 aromatic rings. The van der Waals surface area contributed by atoms with Gasteiger partial charge in [0.2, 0.25) is 5.89 Å². The number of aryl methyl sites for hydroxylation is 3. The van der Waals surface area contributed by atoms with Crippen molar-refractivity contribution in [3.8, 4) is 0 Å². The molecule has 3 heterocycles. The quantitative estimate of drug-likeness (QED) is 0.698. The first kappa shape index (κ1) is 18.0. The van der Waals surface area contributed by atoms with Gasteiger partial charge in [-0.05, 0) is 43.6 Å². The van der Waals surface area contributed by atoms with Crippen molar-refractivity contribution in [3.63, 3.8) is 0 Å². The Kier molecular flexibility index (Phi) is 4.35. The maximum Gasteiger partial charge on any atom is 0.259 e. The molecular formula is C20H25N5O2S. The first-order valence-corrected chi connectivity index (χ1v) is 11.0. The highest BCUT2D eigenvalue weighted by Crippen LogP contribution is 2.36. The highest BCUT2D eigenvalue weighted by Gasteiger charge is 2.35. The van der Waals surface area contributed by atoms with E-state index in [0.717, 1.165) is 55.2 Å². The van der Waals surface area contributed by atoms with Gasteiger partial charge in [-0.1, -0.05) is 24.9 Å². The third-order valence-electron chi connectivity index (χ3n) is 6.20. The van der Waals surface area contributed by atoms with E-state index in [2.05, 4.69) is 22.0 Å². The van der Waals surface area contributed by atoms with Gasteiger partial charge in [-0.3, -0.25) is 4.79 Å². The molecule has 0 aliphatic heterocycles. The second kappa shape index (κ2) is 6.77. The Labute approximate surface area is 166 Å². The van der Waals surface area contributed by atoms with Crippen LogP contribution in [0.15, 0.2) is 9.32 Å². The van der Waals surface area contributed by atoms with E-state index in [4.69, 9.17) is 15.2 Å². The van der Waals surface area contributed by atoms with Crippen LogP contribution < -0.4 is 11.3 Å². The molecule has 148 valence electrons. The Balaban J connectivity index is 1.36. The largest absolute Gasteiger partial charge is 0.339 e. The van der Waals surface area contributed by atoms with Gasteiger partial charge in [0, 0.05) is 17.7 Å². The number of hydrogen-bond acceptors (Lipinski definition) is 7. The minimum Gasteiger partial charge on any atom is -0.339 e. The van der Waals surface area contributed by atoms with E-state index in [0.29, 0.717) is 36.3 Å². The molecule has 5 rings (SSSR count). The zero-order valence-electron chi connectivity index (χ0n) is 16.1. The minimum atomic E-state index is -0.444. The van der Waals surface area contributed by atoms with Crippen LogP contribution in [0, 0.1) is 5.92 Å². The van der Waals surface area contributed by atoms with E-state index < -0.39 is 5.54 Å². The van der Waals surface area contributed by atoms with Crippen molar-refractivity contribution in [1.82, 2.24) is 20.1 Å². The molecule has 8 heteroatoms.